The van der Waals surface area contributed by atoms with E-state index in [1.165, 1.54) is 4.90 Å². The number of aromatic nitrogens is 1. The van der Waals surface area contributed by atoms with Crippen LogP contribution in [-0.2, 0) is 4.79 Å². The number of carboxylic acids is 1. The van der Waals surface area contributed by atoms with Crippen molar-refractivity contribution in [1.29, 1.82) is 0 Å². The molecule has 0 amide bonds. The van der Waals surface area contributed by atoms with E-state index < -0.39 is 11.9 Å². The summed E-state index contributed by atoms with van der Waals surface area (Å²) in [6.07, 6.45) is 3.35. The monoisotopic (exact) mass is 478 g/mol. The first-order valence-corrected chi connectivity index (χ1v) is 12.6. The van der Waals surface area contributed by atoms with Gasteiger partial charge in [-0.2, -0.15) is 0 Å². The molecule has 1 aliphatic heterocycles. The molecule has 1 N–H and O–H groups in total. The lowest BCUT2D eigenvalue weighted by atomic mass is 9.81. The summed E-state index contributed by atoms with van der Waals surface area (Å²) in [6.45, 7) is 2.27. The number of carboxylic acid groups (broad SMARTS) is 1. The SMILES string of the molecule is COc1ccc2nccc(C(=O)CCC3CCN(CCSc4ccccc4)CC3C(=O)O)c2c1. The number of benzene rings is 2. The molecule has 7 heteroatoms. The molecule has 34 heavy (non-hydrogen) atoms. The highest BCUT2D eigenvalue weighted by atomic mass is 32.2. The van der Waals surface area contributed by atoms with Crippen LogP contribution in [0.25, 0.3) is 10.9 Å². The molecular weight excluding hydrogens is 448 g/mol. The molecular formula is C27H30N2O4S. The first-order chi connectivity index (χ1) is 16.5. The molecule has 2 unspecified atom stereocenters. The van der Waals surface area contributed by atoms with Gasteiger partial charge in [-0.25, -0.2) is 0 Å². The summed E-state index contributed by atoms with van der Waals surface area (Å²) >= 11 is 1.79. The Bertz CT molecular complexity index is 1140. The van der Waals surface area contributed by atoms with E-state index in [0.29, 0.717) is 30.7 Å². The number of pyridine rings is 1. The van der Waals surface area contributed by atoms with Crippen molar-refractivity contribution >= 4 is 34.4 Å². The van der Waals surface area contributed by atoms with Crippen molar-refractivity contribution in [3.05, 3.63) is 66.4 Å². The molecule has 0 spiro atoms. The van der Waals surface area contributed by atoms with Crippen molar-refractivity contribution in [2.75, 3.05) is 32.5 Å². The predicted octanol–water partition coefficient (Wildman–Crippen LogP) is 5.02. The summed E-state index contributed by atoms with van der Waals surface area (Å²) in [4.78, 5) is 32.9. The third-order valence-corrected chi connectivity index (χ3v) is 7.56. The fourth-order valence-corrected chi connectivity index (χ4v) is 5.59. The van der Waals surface area contributed by atoms with Crippen LogP contribution in [0.1, 0.15) is 29.6 Å². The molecule has 1 aliphatic rings. The molecule has 6 nitrogen and oxygen atoms in total. The number of ether oxygens (including phenoxy) is 1. The maximum absolute atomic E-state index is 13.1. The number of fused-ring (bicyclic) bond motifs is 1. The summed E-state index contributed by atoms with van der Waals surface area (Å²) in [5.74, 6) is 0.416. The number of ketones is 1. The molecule has 178 valence electrons. The van der Waals surface area contributed by atoms with E-state index in [2.05, 4.69) is 22.0 Å². The van der Waals surface area contributed by atoms with Crippen LogP contribution < -0.4 is 4.74 Å². The van der Waals surface area contributed by atoms with Crippen LogP contribution in [0, 0.1) is 11.8 Å². The highest BCUT2D eigenvalue weighted by molar-refractivity contribution is 7.99. The van der Waals surface area contributed by atoms with Crippen LogP contribution in [0.15, 0.2) is 65.7 Å². The number of thioether (sulfide) groups is 1. The van der Waals surface area contributed by atoms with Crippen molar-refractivity contribution in [2.45, 2.75) is 24.2 Å². The number of piperidine rings is 1. The molecule has 2 aromatic carbocycles. The summed E-state index contributed by atoms with van der Waals surface area (Å²) in [7, 11) is 1.60. The number of rotatable bonds is 10. The number of hydrogen-bond donors (Lipinski definition) is 1. The van der Waals surface area contributed by atoms with Gasteiger partial charge in [0.25, 0.3) is 0 Å². The minimum absolute atomic E-state index is 0.00196. The van der Waals surface area contributed by atoms with Crippen LogP contribution in [0.3, 0.4) is 0 Å². The van der Waals surface area contributed by atoms with Gasteiger partial charge in [0.05, 0.1) is 18.5 Å². The number of aliphatic carboxylic acids is 1. The minimum Gasteiger partial charge on any atom is -0.497 e. The third-order valence-electron chi connectivity index (χ3n) is 6.57. The molecule has 4 rings (SSSR count). The predicted molar refractivity (Wildman–Crippen MR) is 135 cm³/mol. The third kappa shape index (κ3) is 5.96. The maximum atomic E-state index is 13.1. The molecule has 1 aromatic heterocycles. The number of Topliss-reactive ketones (excluding diaryl/α,β-unsaturated/α-hetero) is 1. The number of carbonyl (C=O) groups is 2. The zero-order valence-electron chi connectivity index (χ0n) is 19.4. The number of carbonyl (C=O) groups excluding carboxylic acids is 1. The topological polar surface area (TPSA) is 79.7 Å². The zero-order valence-corrected chi connectivity index (χ0v) is 20.2. The normalized spacial score (nSPS) is 18.6. The van der Waals surface area contributed by atoms with E-state index in [1.54, 1.807) is 31.1 Å². The number of nitrogens with zero attached hydrogens (tertiary/aromatic N) is 2. The maximum Gasteiger partial charge on any atom is 0.308 e. The molecule has 0 radical (unpaired) electrons. The molecule has 2 atom stereocenters. The first-order valence-electron chi connectivity index (χ1n) is 11.6. The molecule has 1 fully saturated rings. The Morgan fingerprint density at radius 3 is 2.76 bits per heavy atom. The second-order valence-electron chi connectivity index (χ2n) is 8.66. The Balaban J connectivity index is 1.34. The van der Waals surface area contributed by atoms with E-state index in [-0.39, 0.29) is 11.7 Å². The van der Waals surface area contributed by atoms with Gasteiger partial charge in [-0.3, -0.25) is 14.6 Å². The van der Waals surface area contributed by atoms with Crippen molar-refractivity contribution in [2.24, 2.45) is 11.8 Å². The minimum atomic E-state index is -0.767. The standard InChI is InChI=1S/C27H30N2O4S/c1-33-20-8-9-25-23(17-20)22(11-13-28-25)26(30)10-7-19-12-14-29(18-24(19)27(31)32)15-16-34-21-5-3-2-4-6-21/h2-6,8-9,11,13,17,19,24H,7,10,12,14-16,18H2,1H3,(H,31,32). The van der Waals surface area contributed by atoms with Crippen molar-refractivity contribution in [1.82, 2.24) is 9.88 Å². The van der Waals surface area contributed by atoms with Crippen LogP contribution in [0.4, 0.5) is 0 Å². The highest BCUT2D eigenvalue weighted by Crippen LogP contribution is 2.30. The summed E-state index contributed by atoms with van der Waals surface area (Å²) in [5, 5.41) is 10.6. The van der Waals surface area contributed by atoms with Crippen LogP contribution >= 0.6 is 11.8 Å². The largest absolute Gasteiger partial charge is 0.497 e. The van der Waals surface area contributed by atoms with Gasteiger partial charge >= 0.3 is 5.97 Å². The summed E-state index contributed by atoms with van der Waals surface area (Å²) < 4.78 is 5.31. The molecule has 1 saturated heterocycles. The average Bonchev–Trinajstić information content (AvgIpc) is 2.87. The molecule has 0 bridgehead atoms. The lowest BCUT2D eigenvalue weighted by Gasteiger charge is -2.36. The van der Waals surface area contributed by atoms with Crippen LogP contribution in [0.5, 0.6) is 5.75 Å². The van der Waals surface area contributed by atoms with E-state index in [1.807, 2.05) is 36.4 Å². The number of methoxy groups -OCH3 is 1. The van der Waals surface area contributed by atoms with Gasteiger partial charge in [0.2, 0.25) is 0 Å². The van der Waals surface area contributed by atoms with E-state index >= 15 is 0 Å². The Labute approximate surface area is 204 Å². The summed E-state index contributed by atoms with van der Waals surface area (Å²) in [6, 6.07) is 17.5. The van der Waals surface area contributed by atoms with Crippen molar-refractivity contribution < 1.29 is 19.4 Å². The van der Waals surface area contributed by atoms with Gasteiger partial charge in [-0.05, 0) is 61.7 Å². The van der Waals surface area contributed by atoms with Gasteiger partial charge in [-0.1, -0.05) is 18.2 Å². The van der Waals surface area contributed by atoms with Crippen LogP contribution in [0.2, 0.25) is 0 Å². The Morgan fingerprint density at radius 1 is 1.18 bits per heavy atom. The van der Waals surface area contributed by atoms with Gasteiger partial charge in [0.1, 0.15) is 5.75 Å². The molecule has 0 saturated carbocycles. The number of hydrogen-bond acceptors (Lipinski definition) is 6. The molecule has 0 aliphatic carbocycles. The average molecular weight is 479 g/mol. The Morgan fingerprint density at radius 2 is 2.00 bits per heavy atom. The lowest BCUT2D eigenvalue weighted by Crippen LogP contribution is -2.44. The highest BCUT2D eigenvalue weighted by Gasteiger charge is 2.34. The first kappa shape index (κ1) is 24.2. The van der Waals surface area contributed by atoms with E-state index in [4.69, 9.17) is 4.74 Å². The summed E-state index contributed by atoms with van der Waals surface area (Å²) in [5.41, 5.74) is 1.36. The molecule has 3 aromatic rings. The Kier molecular flexibility index (Phi) is 8.19. The molecule has 2 heterocycles. The zero-order chi connectivity index (χ0) is 23.9. The van der Waals surface area contributed by atoms with Gasteiger partial charge in [0, 0.05) is 47.3 Å². The van der Waals surface area contributed by atoms with Crippen molar-refractivity contribution in [3.63, 3.8) is 0 Å². The fraction of sp³-hybridized carbons (Fsp3) is 0.370. The lowest BCUT2D eigenvalue weighted by molar-refractivity contribution is -0.146. The fourth-order valence-electron chi connectivity index (χ4n) is 4.65. The van der Waals surface area contributed by atoms with E-state index in [0.717, 1.165) is 36.2 Å². The van der Waals surface area contributed by atoms with E-state index in [9.17, 15) is 14.7 Å². The second kappa shape index (κ2) is 11.5. The van der Waals surface area contributed by atoms with Crippen LogP contribution in [-0.4, -0.2) is 59.2 Å². The van der Waals surface area contributed by atoms with Gasteiger partial charge in [0.15, 0.2) is 5.78 Å². The van der Waals surface area contributed by atoms with Gasteiger partial charge < -0.3 is 14.7 Å². The van der Waals surface area contributed by atoms with Gasteiger partial charge in [-0.15, -0.1) is 11.8 Å². The number of likely N-dealkylation sites (tertiary alicyclic amines) is 1. The second-order valence-corrected chi connectivity index (χ2v) is 9.83. The Hall–Kier alpha value is -2.90. The van der Waals surface area contributed by atoms with Crippen molar-refractivity contribution in [3.8, 4) is 5.75 Å². The smallest absolute Gasteiger partial charge is 0.308 e. The quantitative estimate of drug-likeness (QED) is 0.324.